The summed E-state index contributed by atoms with van der Waals surface area (Å²) in [7, 11) is 0. The van der Waals surface area contributed by atoms with Gasteiger partial charge in [0.1, 0.15) is 0 Å². The lowest BCUT2D eigenvalue weighted by Crippen LogP contribution is -2.34. The molecule has 88 valence electrons. The summed E-state index contributed by atoms with van der Waals surface area (Å²) >= 11 is 0. The van der Waals surface area contributed by atoms with Crippen molar-refractivity contribution in [2.75, 3.05) is 13.2 Å². The van der Waals surface area contributed by atoms with Crippen molar-refractivity contribution in [2.45, 2.75) is 26.3 Å². The molecule has 1 heterocycles. The van der Waals surface area contributed by atoms with E-state index in [0.717, 1.165) is 19.6 Å². The minimum atomic E-state index is 0.211. The number of aryl methyl sites for hydroxylation is 2. The summed E-state index contributed by atoms with van der Waals surface area (Å²) in [5.41, 5.74) is 6.83. The van der Waals surface area contributed by atoms with E-state index in [1.54, 1.807) is 0 Å². The van der Waals surface area contributed by atoms with E-state index < -0.39 is 0 Å². The first-order valence-electron chi connectivity index (χ1n) is 5.83. The van der Waals surface area contributed by atoms with Crippen LogP contribution in [-0.4, -0.2) is 13.2 Å². The molecule has 1 aliphatic rings. The molecular formula is C13H20N2O. The van der Waals surface area contributed by atoms with Crippen molar-refractivity contribution in [3.63, 3.8) is 0 Å². The third kappa shape index (κ3) is 2.26. The number of hydrogen-bond donors (Lipinski definition) is 2. The molecule has 1 aromatic carbocycles. The second-order valence-corrected chi connectivity index (χ2v) is 4.63. The van der Waals surface area contributed by atoms with Gasteiger partial charge in [-0.25, -0.2) is 0 Å². The van der Waals surface area contributed by atoms with Crippen molar-refractivity contribution in [3.8, 4) is 0 Å². The summed E-state index contributed by atoms with van der Waals surface area (Å²) in [6, 6.07) is 6.73. The number of hydrazine groups is 1. The molecule has 2 unspecified atom stereocenters. The summed E-state index contributed by atoms with van der Waals surface area (Å²) in [4.78, 5) is 0. The topological polar surface area (TPSA) is 47.3 Å². The van der Waals surface area contributed by atoms with E-state index in [4.69, 9.17) is 10.6 Å². The molecule has 0 amide bonds. The molecule has 0 saturated carbocycles. The molecule has 1 aliphatic heterocycles. The minimum absolute atomic E-state index is 0.211. The fraction of sp³-hybridized carbons (Fsp3) is 0.538. The average molecular weight is 220 g/mol. The zero-order valence-corrected chi connectivity index (χ0v) is 9.99. The van der Waals surface area contributed by atoms with Gasteiger partial charge in [-0.3, -0.25) is 11.3 Å². The van der Waals surface area contributed by atoms with Crippen LogP contribution in [0.2, 0.25) is 0 Å². The van der Waals surface area contributed by atoms with Crippen LogP contribution in [0, 0.1) is 19.8 Å². The molecule has 16 heavy (non-hydrogen) atoms. The van der Waals surface area contributed by atoms with Crippen LogP contribution in [0.25, 0.3) is 0 Å². The Balaban J connectivity index is 2.25. The zero-order chi connectivity index (χ0) is 11.5. The SMILES string of the molecule is Cc1ccc(C(NN)C2CCOC2)c(C)c1. The molecule has 0 radical (unpaired) electrons. The first kappa shape index (κ1) is 11.6. The zero-order valence-electron chi connectivity index (χ0n) is 9.99. The molecule has 2 rings (SSSR count). The van der Waals surface area contributed by atoms with E-state index >= 15 is 0 Å². The van der Waals surface area contributed by atoms with Crippen molar-refractivity contribution in [1.82, 2.24) is 5.43 Å². The van der Waals surface area contributed by atoms with Crippen LogP contribution < -0.4 is 11.3 Å². The van der Waals surface area contributed by atoms with Crippen LogP contribution in [0.15, 0.2) is 18.2 Å². The van der Waals surface area contributed by atoms with Crippen molar-refractivity contribution in [1.29, 1.82) is 0 Å². The molecule has 3 heteroatoms. The fourth-order valence-electron chi connectivity index (χ4n) is 2.47. The van der Waals surface area contributed by atoms with E-state index in [-0.39, 0.29) is 6.04 Å². The van der Waals surface area contributed by atoms with Gasteiger partial charge in [-0.15, -0.1) is 0 Å². The Morgan fingerprint density at radius 1 is 1.44 bits per heavy atom. The van der Waals surface area contributed by atoms with Crippen LogP contribution in [0.1, 0.15) is 29.2 Å². The third-order valence-electron chi connectivity index (χ3n) is 3.38. The maximum Gasteiger partial charge on any atom is 0.0513 e. The van der Waals surface area contributed by atoms with Gasteiger partial charge in [-0.1, -0.05) is 23.8 Å². The third-order valence-corrected chi connectivity index (χ3v) is 3.38. The second kappa shape index (κ2) is 4.95. The highest BCUT2D eigenvalue weighted by atomic mass is 16.5. The predicted octanol–water partition coefficient (Wildman–Crippen LogP) is 1.84. The van der Waals surface area contributed by atoms with Gasteiger partial charge in [0, 0.05) is 12.5 Å². The first-order chi connectivity index (χ1) is 7.72. The lowest BCUT2D eigenvalue weighted by Gasteiger charge is -2.23. The summed E-state index contributed by atoms with van der Waals surface area (Å²) in [6.07, 6.45) is 1.09. The van der Waals surface area contributed by atoms with E-state index in [0.29, 0.717) is 5.92 Å². The monoisotopic (exact) mass is 220 g/mol. The van der Waals surface area contributed by atoms with Crippen molar-refractivity contribution < 1.29 is 4.74 Å². The second-order valence-electron chi connectivity index (χ2n) is 4.63. The van der Waals surface area contributed by atoms with E-state index in [1.165, 1.54) is 16.7 Å². The van der Waals surface area contributed by atoms with Gasteiger partial charge in [0.15, 0.2) is 0 Å². The van der Waals surface area contributed by atoms with Gasteiger partial charge in [-0.2, -0.15) is 0 Å². The van der Waals surface area contributed by atoms with Crippen molar-refractivity contribution in [3.05, 3.63) is 34.9 Å². The number of hydrogen-bond acceptors (Lipinski definition) is 3. The number of nitrogens with two attached hydrogens (primary N) is 1. The minimum Gasteiger partial charge on any atom is -0.381 e. The van der Waals surface area contributed by atoms with Crippen LogP contribution in [-0.2, 0) is 4.74 Å². The summed E-state index contributed by atoms with van der Waals surface area (Å²) < 4.78 is 5.43. The number of ether oxygens (including phenoxy) is 1. The van der Waals surface area contributed by atoms with Crippen molar-refractivity contribution in [2.24, 2.45) is 11.8 Å². The summed E-state index contributed by atoms with van der Waals surface area (Å²) in [5, 5.41) is 0. The lowest BCUT2D eigenvalue weighted by atomic mass is 9.89. The number of nitrogens with one attached hydrogen (secondary N) is 1. The van der Waals surface area contributed by atoms with E-state index in [2.05, 4.69) is 37.5 Å². The molecule has 1 aromatic rings. The Morgan fingerprint density at radius 2 is 2.25 bits per heavy atom. The molecular weight excluding hydrogens is 200 g/mol. The Bertz CT molecular complexity index is 359. The van der Waals surface area contributed by atoms with Gasteiger partial charge in [0.25, 0.3) is 0 Å². The van der Waals surface area contributed by atoms with Gasteiger partial charge >= 0.3 is 0 Å². The van der Waals surface area contributed by atoms with Gasteiger partial charge in [0.05, 0.1) is 12.6 Å². The van der Waals surface area contributed by atoms with Gasteiger partial charge in [0.2, 0.25) is 0 Å². The van der Waals surface area contributed by atoms with Crippen LogP contribution >= 0.6 is 0 Å². The molecule has 0 spiro atoms. The van der Waals surface area contributed by atoms with Crippen LogP contribution in [0.4, 0.5) is 0 Å². The highest BCUT2D eigenvalue weighted by Gasteiger charge is 2.27. The molecule has 1 fully saturated rings. The standard InChI is InChI=1S/C13H20N2O/c1-9-3-4-12(10(2)7-9)13(15-14)11-5-6-16-8-11/h3-4,7,11,13,15H,5-6,8,14H2,1-2H3. The lowest BCUT2D eigenvalue weighted by molar-refractivity contribution is 0.176. The van der Waals surface area contributed by atoms with Crippen molar-refractivity contribution >= 4 is 0 Å². The maximum atomic E-state index is 5.69. The maximum absolute atomic E-state index is 5.69. The predicted molar refractivity (Wildman–Crippen MR) is 64.9 cm³/mol. The summed E-state index contributed by atoms with van der Waals surface area (Å²) in [6.45, 7) is 5.92. The number of benzene rings is 1. The fourth-order valence-corrected chi connectivity index (χ4v) is 2.47. The van der Waals surface area contributed by atoms with Crippen LogP contribution in [0.5, 0.6) is 0 Å². The Kier molecular flexibility index (Phi) is 3.59. The molecule has 3 N–H and O–H groups in total. The average Bonchev–Trinajstić information content (AvgIpc) is 2.75. The Hall–Kier alpha value is -0.900. The Labute approximate surface area is 97.0 Å². The highest BCUT2D eigenvalue weighted by molar-refractivity contribution is 5.33. The largest absolute Gasteiger partial charge is 0.381 e. The molecule has 0 aliphatic carbocycles. The molecule has 3 nitrogen and oxygen atoms in total. The quantitative estimate of drug-likeness (QED) is 0.603. The molecule has 0 aromatic heterocycles. The van der Waals surface area contributed by atoms with E-state index in [1.807, 2.05) is 0 Å². The van der Waals surface area contributed by atoms with Gasteiger partial charge in [-0.05, 0) is 31.4 Å². The summed E-state index contributed by atoms with van der Waals surface area (Å²) in [5.74, 6) is 6.18. The molecule has 0 bridgehead atoms. The number of rotatable bonds is 3. The normalized spacial score (nSPS) is 22.3. The van der Waals surface area contributed by atoms with Crippen LogP contribution in [0.3, 0.4) is 0 Å². The van der Waals surface area contributed by atoms with Gasteiger partial charge < -0.3 is 4.74 Å². The molecule has 1 saturated heterocycles. The molecule has 2 atom stereocenters. The smallest absolute Gasteiger partial charge is 0.0513 e. The van der Waals surface area contributed by atoms with E-state index in [9.17, 15) is 0 Å². The first-order valence-corrected chi connectivity index (χ1v) is 5.83. The highest BCUT2D eigenvalue weighted by Crippen LogP contribution is 2.30. The Morgan fingerprint density at radius 3 is 2.81 bits per heavy atom.